The van der Waals surface area contributed by atoms with Crippen molar-refractivity contribution in [3.63, 3.8) is 0 Å². The Morgan fingerprint density at radius 1 is 1.19 bits per heavy atom. The minimum atomic E-state index is -0.449. The zero-order valence-electron chi connectivity index (χ0n) is 17.8. The number of imidazole rings is 1. The smallest absolute Gasteiger partial charge is 0.254 e. The third-order valence-electron chi connectivity index (χ3n) is 6.98. The van der Waals surface area contributed by atoms with Crippen molar-refractivity contribution in [1.29, 1.82) is 0 Å². The number of halogens is 1. The van der Waals surface area contributed by atoms with Gasteiger partial charge < -0.3 is 15.6 Å². The number of hydrogen-bond donors (Lipinski definition) is 2. The number of pyridine rings is 1. The van der Waals surface area contributed by atoms with Gasteiger partial charge >= 0.3 is 0 Å². The van der Waals surface area contributed by atoms with Gasteiger partial charge in [-0.1, -0.05) is 19.8 Å². The number of hydrogen-bond acceptors (Lipinski definition) is 4. The highest BCUT2D eigenvalue weighted by Gasteiger charge is 2.28. The van der Waals surface area contributed by atoms with Gasteiger partial charge in [0, 0.05) is 36.6 Å². The molecule has 0 spiro atoms. The predicted molar refractivity (Wildman–Crippen MR) is 118 cm³/mol. The fraction of sp³-hybridized carbons (Fsp3) is 0.458. The van der Waals surface area contributed by atoms with Crippen molar-refractivity contribution in [2.24, 2.45) is 17.6 Å². The predicted octanol–water partition coefficient (Wildman–Crippen LogP) is 4.44. The van der Waals surface area contributed by atoms with Crippen molar-refractivity contribution in [1.82, 2.24) is 19.9 Å². The number of H-pyrrole nitrogens is 1. The Bertz CT molecular complexity index is 1110. The molecule has 1 aliphatic heterocycles. The van der Waals surface area contributed by atoms with Gasteiger partial charge in [-0.05, 0) is 49.3 Å². The van der Waals surface area contributed by atoms with Crippen LogP contribution in [0.3, 0.4) is 0 Å². The Hall–Kier alpha value is -2.80. The van der Waals surface area contributed by atoms with Crippen molar-refractivity contribution in [3.05, 3.63) is 47.8 Å². The summed E-state index contributed by atoms with van der Waals surface area (Å²) >= 11 is 0. The van der Waals surface area contributed by atoms with E-state index in [9.17, 15) is 4.79 Å². The SMILES string of the molecule is CC1CCC([C@H](N)c2nc3c(F)c(-c4cnccc4C(=O)N4CCC4)ccc3[nH]2)CC1. The summed E-state index contributed by atoms with van der Waals surface area (Å²) in [6.07, 6.45) is 8.62. The molecular weight excluding hydrogens is 393 g/mol. The number of amides is 1. The molecule has 2 aromatic heterocycles. The largest absolute Gasteiger partial charge is 0.341 e. The topological polar surface area (TPSA) is 87.9 Å². The van der Waals surface area contributed by atoms with E-state index in [2.05, 4.69) is 21.9 Å². The van der Waals surface area contributed by atoms with Gasteiger partial charge in [0.1, 0.15) is 11.3 Å². The molecule has 3 heterocycles. The highest BCUT2D eigenvalue weighted by Crippen LogP contribution is 2.36. The van der Waals surface area contributed by atoms with Crippen LogP contribution >= 0.6 is 0 Å². The van der Waals surface area contributed by atoms with E-state index in [1.54, 1.807) is 29.4 Å². The third-order valence-corrected chi connectivity index (χ3v) is 6.98. The maximum Gasteiger partial charge on any atom is 0.254 e. The molecule has 31 heavy (non-hydrogen) atoms. The lowest BCUT2D eigenvalue weighted by molar-refractivity contribution is 0.0652. The highest BCUT2D eigenvalue weighted by atomic mass is 19.1. The molecule has 1 saturated heterocycles. The summed E-state index contributed by atoms with van der Waals surface area (Å²) in [5.74, 6) is 1.20. The lowest BCUT2D eigenvalue weighted by Gasteiger charge is -2.31. The van der Waals surface area contributed by atoms with E-state index < -0.39 is 5.82 Å². The molecule has 0 bridgehead atoms. The molecule has 1 amide bonds. The van der Waals surface area contributed by atoms with Crippen molar-refractivity contribution < 1.29 is 9.18 Å². The van der Waals surface area contributed by atoms with Gasteiger partial charge in [0.05, 0.1) is 17.1 Å². The van der Waals surface area contributed by atoms with Gasteiger partial charge in [-0.3, -0.25) is 9.78 Å². The molecule has 5 rings (SSSR count). The summed E-state index contributed by atoms with van der Waals surface area (Å²) in [4.78, 5) is 26.5. The van der Waals surface area contributed by atoms with Gasteiger partial charge in [-0.2, -0.15) is 0 Å². The molecule has 3 aromatic rings. The number of rotatable bonds is 4. The van der Waals surface area contributed by atoms with E-state index >= 15 is 4.39 Å². The summed E-state index contributed by atoms with van der Waals surface area (Å²) in [6, 6.07) is 4.93. The van der Waals surface area contributed by atoms with Crippen LogP contribution < -0.4 is 5.73 Å². The molecule has 3 N–H and O–H groups in total. The first kappa shape index (κ1) is 20.1. The molecule has 2 aliphatic rings. The maximum atomic E-state index is 15.6. The van der Waals surface area contributed by atoms with Gasteiger partial charge in [0.25, 0.3) is 5.91 Å². The number of nitrogens with one attached hydrogen (secondary N) is 1. The first-order chi connectivity index (χ1) is 15.0. The summed E-state index contributed by atoms with van der Waals surface area (Å²) in [5, 5.41) is 0. The summed E-state index contributed by atoms with van der Waals surface area (Å²) in [6.45, 7) is 3.75. The average Bonchev–Trinajstić information content (AvgIpc) is 3.18. The molecule has 0 radical (unpaired) electrons. The first-order valence-electron chi connectivity index (χ1n) is 11.2. The summed E-state index contributed by atoms with van der Waals surface area (Å²) < 4.78 is 15.6. The molecule has 7 heteroatoms. The molecule has 1 atom stereocenters. The third kappa shape index (κ3) is 3.61. The minimum Gasteiger partial charge on any atom is -0.341 e. The average molecular weight is 422 g/mol. The molecule has 162 valence electrons. The number of carbonyl (C=O) groups excluding carboxylic acids is 1. The number of nitrogens with two attached hydrogens (primary N) is 1. The monoisotopic (exact) mass is 421 g/mol. The minimum absolute atomic E-state index is 0.0839. The van der Waals surface area contributed by atoms with Crippen LogP contribution in [0.5, 0.6) is 0 Å². The normalized spacial score (nSPS) is 22.4. The number of fused-ring (bicyclic) bond motifs is 1. The molecular formula is C24H28FN5O. The lowest BCUT2D eigenvalue weighted by Crippen LogP contribution is -2.42. The van der Waals surface area contributed by atoms with Crippen LogP contribution in [-0.4, -0.2) is 38.8 Å². The van der Waals surface area contributed by atoms with Crippen LogP contribution in [0, 0.1) is 17.7 Å². The van der Waals surface area contributed by atoms with Crippen molar-refractivity contribution >= 4 is 16.9 Å². The van der Waals surface area contributed by atoms with Crippen molar-refractivity contribution in [3.8, 4) is 11.1 Å². The first-order valence-corrected chi connectivity index (χ1v) is 11.2. The highest BCUT2D eigenvalue weighted by molar-refractivity contribution is 6.01. The second-order valence-corrected chi connectivity index (χ2v) is 9.06. The maximum absolute atomic E-state index is 15.6. The standard InChI is InChI=1S/C24H28FN5O/c1-14-3-5-15(6-4-14)21(26)23-28-19-8-7-16(20(25)22(19)29-23)18-13-27-10-9-17(18)24(31)30-11-2-12-30/h7-10,13-15,21H,2-6,11-12,26H2,1H3,(H,28,29)/t14?,15?,21-/m0/s1. The summed E-state index contributed by atoms with van der Waals surface area (Å²) in [5.41, 5.74) is 8.70. The quantitative estimate of drug-likeness (QED) is 0.652. The van der Waals surface area contributed by atoms with E-state index in [4.69, 9.17) is 5.73 Å². The Labute approximate surface area is 181 Å². The zero-order valence-corrected chi connectivity index (χ0v) is 17.8. The van der Waals surface area contributed by atoms with Gasteiger partial charge in [-0.25, -0.2) is 9.37 Å². The summed E-state index contributed by atoms with van der Waals surface area (Å²) in [7, 11) is 0. The van der Waals surface area contributed by atoms with Gasteiger partial charge in [0.2, 0.25) is 0 Å². The van der Waals surface area contributed by atoms with E-state index in [0.29, 0.717) is 33.9 Å². The zero-order chi connectivity index (χ0) is 21.5. The van der Waals surface area contributed by atoms with E-state index in [-0.39, 0.29) is 17.5 Å². The van der Waals surface area contributed by atoms with Crippen LogP contribution in [-0.2, 0) is 0 Å². The Morgan fingerprint density at radius 3 is 2.68 bits per heavy atom. The second kappa shape index (κ2) is 8.04. The number of nitrogens with zero attached hydrogens (tertiary/aromatic N) is 3. The molecule has 1 aliphatic carbocycles. The second-order valence-electron chi connectivity index (χ2n) is 9.06. The number of benzene rings is 1. The molecule has 6 nitrogen and oxygen atoms in total. The van der Waals surface area contributed by atoms with Crippen LogP contribution in [0.1, 0.15) is 61.3 Å². The van der Waals surface area contributed by atoms with E-state index in [0.717, 1.165) is 38.3 Å². The van der Waals surface area contributed by atoms with Crippen LogP contribution in [0.25, 0.3) is 22.2 Å². The van der Waals surface area contributed by atoms with Crippen molar-refractivity contribution in [2.75, 3.05) is 13.1 Å². The van der Waals surface area contributed by atoms with Crippen LogP contribution in [0.15, 0.2) is 30.6 Å². The number of likely N-dealkylation sites (tertiary alicyclic amines) is 1. The number of aromatic nitrogens is 3. The molecule has 1 aromatic carbocycles. The van der Waals surface area contributed by atoms with E-state index in [1.807, 2.05) is 6.07 Å². The van der Waals surface area contributed by atoms with Crippen LogP contribution in [0.2, 0.25) is 0 Å². The van der Waals surface area contributed by atoms with Gasteiger partial charge in [0.15, 0.2) is 5.82 Å². The number of aromatic amines is 1. The Morgan fingerprint density at radius 2 is 1.97 bits per heavy atom. The van der Waals surface area contributed by atoms with E-state index in [1.165, 1.54) is 12.8 Å². The Kier molecular flexibility index (Phi) is 5.22. The fourth-order valence-electron chi connectivity index (χ4n) is 4.78. The molecule has 1 saturated carbocycles. The fourth-order valence-corrected chi connectivity index (χ4v) is 4.78. The number of carbonyl (C=O) groups is 1. The molecule has 2 fully saturated rings. The van der Waals surface area contributed by atoms with Gasteiger partial charge in [-0.15, -0.1) is 0 Å². The lowest BCUT2D eigenvalue weighted by atomic mass is 9.79. The van der Waals surface area contributed by atoms with Crippen molar-refractivity contribution in [2.45, 2.75) is 45.1 Å². The Balaban J connectivity index is 1.49. The molecule has 0 unspecified atom stereocenters. The van der Waals surface area contributed by atoms with Crippen LogP contribution in [0.4, 0.5) is 4.39 Å².